The quantitative estimate of drug-likeness (QED) is 0.215. The van der Waals surface area contributed by atoms with Gasteiger partial charge in [0.1, 0.15) is 17.4 Å². The summed E-state index contributed by atoms with van der Waals surface area (Å²) in [4.78, 5) is 48.9. The van der Waals surface area contributed by atoms with E-state index < -0.39 is 15.8 Å². The van der Waals surface area contributed by atoms with Gasteiger partial charge in [-0.3, -0.25) is 14.9 Å². The number of amides is 1. The summed E-state index contributed by atoms with van der Waals surface area (Å²) in [6.07, 6.45) is 0.445. The molecule has 1 amide bonds. The normalized spacial score (nSPS) is 19.1. The van der Waals surface area contributed by atoms with Gasteiger partial charge in [-0.05, 0) is 28.5 Å². The number of nitro benzene ring substituents is 1. The van der Waals surface area contributed by atoms with Gasteiger partial charge in [0, 0.05) is 36.3 Å². The Labute approximate surface area is 203 Å². The van der Waals surface area contributed by atoms with Crippen molar-refractivity contribution in [2.45, 2.75) is 38.7 Å². The van der Waals surface area contributed by atoms with E-state index in [2.05, 4.69) is 10.3 Å². The molecule has 0 radical (unpaired) electrons. The van der Waals surface area contributed by atoms with E-state index in [1.54, 1.807) is 7.05 Å². The first-order chi connectivity index (χ1) is 16.6. The monoisotopic (exact) mass is 502 g/mol. The molecule has 2 aliphatic heterocycles. The summed E-state index contributed by atoms with van der Waals surface area (Å²) in [5.41, 5.74) is 0.901. The highest BCUT2D eigenvalue weighted by atomic mass is 32.2. The molecular formula is C21H22N6O7S. The van der Waals surface area contributed by atoms with E-state index in [0.717, 1.165) is 0 Å². The van der Waals surface area contributed by atoms with Crippen LogP contribution in [-0.4, -0.2) is 47.7 Å². The van der Waals surface area contributed by atoms with Crippen LogP contribution < -0.4 is 0 Å². The molecule has 4 rings (SSSR count). The van der Waals surface area contributed by atoms with Crippen LogP contribution in [0.3, 0.4) is 0 Å². The summed E-state index contributed by atoms with van der Waals surface area (Å²) in [5, 5.41) is 29.4. The van der Waals surface area contributed by atoms with Gasteiger partial charge in [0.25, 0.3) is 5.69 Å². The maximum absolute atomic E-state index is 13.1. The summed E-state index contributed by atoms with van der Waals surface area (Å²) in [6.45, 7) is 3.76. The number of hydrogen-bond donors (Lipinski definition) is 0. The van der Waals surface area contributed by atoms with Crippen LogP contribution in [0.15, 0.2) is 34.9 Å². The van der Waals surface area contributed by atoms with Gasteiger partial charge in [0.2, 0.25) is 5.91 Å². The average Bonchev–Trinajstić information content (AvgIpc) is 3.33. The zero-order valence-corrected chi connectivity index (χ0v) is 19.9. The molecule has 0 saturated carbocycles. The Morgan fingerprint density at radius 1 is 1.23 bits per heavy atom. The third kappa shape index (κ3) is 4.48. The fourth-order valence-electron chi connectivity index (χ4n) is 4.30. The Hall–Kier alpha value is -3.81. The Kier molecular flexibility index (Phi) is 6.56. The number of β-lactam (4-membered cyclic amide) rings is 1. The van der Waals surface area contributed by atoms with Crippen LogP contribution >= 0.6 is 11.8 Å². The summed E-state index contributed by atoms with van der Waals surface area (Å²) in [7, 11) is 1.55. The Morgan fingerprint density at radius 3 is 2.51 bits per heavy atom. The summed E-state index contributed by atoms with van der Waals surface area (Å²) >= 11 is 1.22. The number of nitro groups is 2. The second-order valence-electron chi connectivity index (χ2n) is 8.55. The number of non-ortho nitro benzene ring substituents is 1. The zero-order chi connectivity index (χ0) is 25.4. The highest BCUT2D eigenvalue weighted by molar-refractivity contribution is 8.02. The van der Waals surface area contributed by atoms with Gasteiger partial charge in [-0.25, -0.2) is 9.48 Å². The number of fused-ring (bicyclic) bond motifs is 1. The molecule has 13 nitrogen and oxygen atoms in total. The van der Waals surface area contributed by atoms with Crippen LogP contribution in [0.1, 0.15) is 31.5 Å². The van der Waals surface area contributed by atoms with Crippen molar-refractivity contribution in [1.29, 1.82) is 0 Å². The van der Waals surface area contributed by atoms with Crippen LogP contribution in [0.4, 0.5) is 11.5 Å². The standard InChI is InChI=1S/C21H22N6O7S/c1-11(2)17-14-8-16(35-10-15-19(27(32)33)22-23-24(15)3)18(25(14)20(17)28)21(29)34-9-12-4-6-13(7-5-12)26(30)31/h4-7,11,14,17H,8-10H2,1-3H3. The number of rotatable bonds is 9. The molecule has 0 aliphatic carbocycles. The Bertz CT molecular complexity index is 1240. The molecule has 35 heavy (non-hydrogen) atoms. The van der Waals surface area contributed by atoms with Crippen molar-refractivity contribution in [3.8, 4) is 0 Å². The lowest BCUT2D eigenvalue weighted by molar-refractivity contribution is -0.390. The molecule has 2 atom stereocenters. The van der Waals surface area contributed by atoms with E-state index in [0.29, 0.717) is 16.9 Å². The SMILES string of the molecule is CC(C)C1C(=O)N2C(C(=O)OCc3ccc([N+](=O)[O-])cc3)=C(SCc3c([N+](=O)[O-])nnn3C)CC12. The lowest BCUT2D eigenvalue weighted by atomic mass is 9.79. The first kappa shape index (κ1) is 24.3. The maximum atomic E-state index is 13.1. The highest BCUT2D eigenvalue weighted by Crippen LogP contribution is 2.49. The van der Waals surface area contributed by atoms with E-state index in [-0.39, 0.29) is 59.0 Å². The Balaban J connectivity index is 1.54. The van der Waals surface area contributed by atoms with Crippen molar-refractivity contribution in [3.05, 3.63) is 66.4 Å². The van der Waals surface area contributed by atoms with Crippen molar-refractivity contribution in [3.63, 3.8) is 0 Å². The number of hydrogen-bond acceptors (Lipinski definition) is 10. The highest BCUT2D eigenvalue weighted by Gasteiger charge is 2.56. The van der Waals surface area contributed by atoms with E-state index in [1.807, 2.05) is 13.8 Å². The van der Waals surface area contributed by atoms with Crippen molar-refractivity contribution in [2.75, 3.05) is 0 Å². The molecule has 184 valence electrons. The van der Waals surface area contributed by atoms with Crippen LogP contribution in [0.2, 0.25) is 0 Å². The zero-order valence-electron chi connectivity index (χ0n) is 19.1. The number of ether oxygens (including phenoxy) is 1. The number of esters is 1. The molecule has 14 heteroatoms. The molecular weight excluding hydrogens is 480 g/mol. The molecule has 0 spiro atoms. The second kappa shape index (κ2) is 9.44. The van der Waals surface area contributed by atoms with E-state index in [1.165, 1.54) is 45.6 Å². The van der Waals surface area contributed by atoms with Crippen LogP contribution in [0.5, 0.6) is 0 Å². The topological polar surface area (TPSA) is 164 Å². The third-order valence-corrected chi connectivity index (χ3v) is 7.20. The molecule has 1 aromatic carbocycles. The minimum atomic E-state index is -0.693. The van der Waals surface area contributed by atoms with E-state index >= 15 is 0 Å². The Morgan fingerprint density at radius 2 is 1.91 bits per heavy atom. The average molecular weight is 503 g/mol. The van der Waals surface area contributed by atoms with Crippen molar-refractivity contribution >= 4 is 35.1 Å². The van der Waals surface area contributed by atoms with Gasteiger partial charge in [0.05, 0.1) is 22.1 Å². The van der Waals surface area contributed by atoms with Crippen LogP contribution in [-0.2, 0) is 33.7 Å². The lowest BCUT2D eigenvalue weighted by Gasteiger charge is -2.45. The fraction of sp³-hybridized carbons (Fsp3) is 0.429. The van der Waals surface area contributed by atoms with Crippen molar-refractivity contribution < 1.29 is 24.2 Å². The van der Waals surface area contributed by atoms with Gasteiger partial charge in [0.15, 0.2) is 5.69 Å². The predicted octanol–water partition coefficient (Wildman–Crippen LogP) is 2.71. The van der Waals surface area contributed by atoms with Crippen molar-refractivity contribution in [1.82, 2.24) is 19.9 Å². The number of carbonyl (C=O) groups excluding carboxylic acids is 2. The minimum Gasteiger partial charge on any atom is -0.456 e. The summed E-state index contributed by atoms with van der Waals surface area (Å²) in [5.74, 6) is -1.21. The number of benzene rings is 1. The molecule has 1 aromatic heterocycles. The predicted molar refractivity (Wildman–Crippen MR) is 122 cm³/mol. The minimum absolute atomic E-state index is 0.0789. The van der Waals surface area contributed by atoms with Crippen LogP contribution in [0, 0.1) is 32.1 Å². The summed E-state index contributed by atoms with van der Waals surface area (Å²) in [6, 6.07) is 5.44. The molecule has 2 unspecified atom stereocenters. The molecule has 0 N–H and O–H groups in total. The molecule has 2 aromatic rings. The first-order valence-corrected chi connectivity index (χ1v) is 11.7. The molecule has 1 fully saturated rings. The smallest absolute Gasteiger partial charge is 0.414 e. The maximum Gasteiger partial charge on any atom is 0.414 e. The largest absolute Gasteiger partial charge is 0.456 e. The molecule has 3 heterocycles. The van der Waals surface area contributed by atoms with E-state index in [4.69, 9.17) is 4.74 Å². The van der Waals surface area contributed by atoms with Crippen molar-refractivity contribution in [2.24, 2.45) is 18.9 Å². The second-order valence-corrected chi connectivity index (χ2v) is 9.62. The molecule has 1 saturated heterocycles. The summed E-state index contributed by atoms with van der Waals surface area (Å²) < 4.78 is 6.76. The number of carbonyl (C=O) groups is 2. The number of aromatic nitrogens is 3. The van der Waals surface area contributed by atoms with Gasteiger partial charge < -0.3 is 19.8 Å². The van der Waals surface area contributed by atoms with Gasteiger partial charge >= 0.3 is 11.8 Å². The van der Waals surface area contributed by atoms with Gasteiger partial charge in [-0.15, -0.1) is 11.8 Å². The number of thioether (sulfide) groups is 1. The first-order valence-electron chi connectivity index (χ1n) is 10.7. The lowest BCUT2D eigenvalue weighted by Crippen LogP contribution is -2.60. The van der Waals surface area contributed by atoms with E-state index in [9.17, 15) is 29.8 Å². The third-order valence-electron chi connectivity index (χ3n) is 6.08. The number of aryl methyl sites for hydroxylation is 1. The van der Waals surface area contributed by atoms with Crippen LogP contribution in [0.25, 0.3) is 0 Å². The van der Waals surface area contributed by atoms with Gasteiger partial charge in [-0.1, -0.05) is 13.8 Å². The van der Waals surface area contributed by atoms with Gasteiger partial charge in [-0.2, -0.15) is 0 Å². The molecule has 0 bridgehead atoms. The molecule has 2 aliphatic rings. The fourth-order valence-corrected chi connectivity index (χ4v) is 5.54. The number of nitrogens with zero attached hydrogens (tertiary/aromatic N) is 6.